The summed E-state index contributed by atoms with van der Waals surface area (Å²) >= 11 is 0. The summed E-state index contributed by atoms with van der Waals surface area (Å²) in [5, 5.41) is 6.19. The van der Waals surface area contributed by atoms with Crippen LogP contribution in [0.25, 0.3) is 0 Å². The third kappa shape index (κ3) is 6.16. The van der Waals surface area contributed by atoms with Gasteiger partial charge in [-0.3, -0.25) is 9.59 Å². The number of methoxy groups -OCH3 is 2. The molecule has 1 heterocycles. The Labute approximate surface area is 212 Å². The lowest BCUT2D eigenvalue weighted by Gasteiger charge is -2.35. The minimum Gasteiger partial charge on any atom is -0.497 e. The van der Waals surface area contributed by atoms with E-state index < -0.39 is 0 Å². The molecular weight excluding hydrogens is 454 g/mol. The van der Waals surface area contributed by atoms with Gasteiger partial charge >= 0.3 is 0 Å². The highest BCUT2D eigenvalue weighted by molar-refractivity contribution is 6.00. The number of piperidine rings is 1. The number of ether oxygens (including phenoxy) is 2. The molecule has 0 bridgehead atoms. The number of nitrogens with one attached hydrogen (secondary N) is 2. The Morgan fingerprint density at radius 1 is 0.889 bits per heavy atom. The SMILES string of the molecule is COc1cccc(C(=O)NC2CCN(c3ccccc3C(=O)NCCc3ccccc3OC)CC2)c1. The van der Waals surface area contributed by atoms with Crippen molar-refractivity contribution in [3.63, 3.8) is 0 Å². The van der Waals surface area contributed by atoms with Crippen LogP contribution < -0.4 is 25.0 Å². The van der Waals surface area contributed by atoms with E-state index in [9.17, 15) is 9.59 Å². The average Bonchev–Trinajstić information content (AvgIpc) is 2.93. The van der Waals surface area contributed by atoms with Crippen molar-refractivity contribution < 1.29 is 19.1 Å². The molecule has 1 fully saturated rings. The Morgan fingerprint density at radius 3 is 2.42 bits per heavy atom. The summed E-state index contributed by atoms with van der Waals surface area (Å²) in [6, 6.07) is 22.8. The molecule has 1 aliphatic heterocycles. The number of rotatable bonds is 9. The molecule has 7 nitrogen and oxygen atoms in total. The second-order valence-corrected chi connectivity index (χ2v) is 8.80. The third-order valence-corrected chi connectivity index (χ3v) is 6.52. The van der Waals surface area contributed by atoms with Gasteiger partial charge in [-0.15, -0.1) is 0 Å². The van der Waals surface area contributed by atoms with Gasteiger partial charge in [0.25, 0.3) is 11.8 Å². The normalized spacial score (nSPS) is 13.7. The van der Waals surface area contributed by atoms with Crippen LogP contribution in [0.1, 0.15) is 39.1 Å². The van der Waals surface area contributed by atoms with Crippen LogP contribution in [-0.2, 0) is 6.42 Å². The molecule has 0 radical (unpaired) electrons. The van der Waals surface area contributed by atoms with Crippen molar-refractivity contribution in [2.24, 2.45) is 0 Å². The highest BCUT2D eigenvalue weighted by atomic mass is 16.5. The Kier molecular flexibility index (Phi) is 8.44. The van der Waals surface area contributed by atoms with Crippen LogP contribution >= 0.6 is 0 Å². The zero-order valence-corrected chi connectivity index (χ0v) is 20.8. The molecule has 7 heteroatoms. The van der Waals surface area contributed by atoms with Crippen LogP contribution in [0, 0.1) is 0 Å². The molecule has 1 saturated heterocycles. The number of hydrogen-bond acceptors (Lipinski definition) is 5. The van der Waals surface area contributed by atoms with Crippen molar-refractivity contribution >= 4 is 17.5 Å². The summed E-state index contributed by atoms with van der Waals surface area (Å²) in [5.41, 5.74) is 3.24. The second-order valence-electron chi connectivity index (χ2n) is 8.80. The Morgan fingerprint density at radius 2 is 1.64 bits per heavy atom. The van der Waals surface area contributed by atoms with E-state index >= 15 is 0 Å². The molecule has 0 unspecified atom stereocenters. The maximum absolute atomic E-state index is 13.0. The Bertz CT molecular complexity index is 1190. The fourth-order valence-electron chi connectivity index (χ4n) is 4.55. The quantitative estimate of drug-likeness (QED) is 0.476. The maximum atomic E-state index is 13.0. The molecule has 2 amide bonds. The predicted octanol–water partition coefficient (Wildman–Crippen LogP) is 4.08. The molecule has 3 aromatic carbocycles. The van der Waals surface area contributed by atoms with E-state index in [0.29, 0.717) is 29.8 Å². The molecule has 0 saturated carbocycles. The van der Waals surface area contributed by atoms with Crippen molar-refractivity contribution in [3.8, 4) is 11.5 Å². The number of amides is 2. The molecule has 1 aliphatic rings. The van der Waals surface area contributed by atoms with Crippen LogP contribution in [0.3, 0.4) is 0 Å². The third-order valence-electron chi connectivity index (χ3n) is 6.52. The second kappa shape index (κ2) is 12.1. The number of carbonyl (C=O) groups is 2. The predicted molar refractivity (Wildman–Crippen MR) is 141 cm³/mol. The summed E-state index contributed by atoms with van der Waals surface area (Å²) in [4.78, 5) is 27.9. The fraction of sp³-hybridized carbons (Fsp3) is 0.310. The number of anilines is 1. The van der Waals surface area contributed by atoms with Crippen molar-refractivity contribution in [1.82, 2.24) is 10.6 Å². The van der Waals surface area contributed by atoms with Crippen molar-refractivity contribution in [1.29, 1.82) is 0 Å². The smallest absolute Gasteiger partial charge is 0.253 e. The van der Waals surface area contributed by atoms with Crippen LogP contribution in [0.4, 0.5) is 5.69 Å². The lowest BCUT2D eigenvalue weighted by atomic mass is 10.0. The molecule has 0 spiro atoms. The first-order valence-electron chi connectivity index (χ1n) is 12.3. The molecule has 0 atom stereocenters. The standard InChI is InChI=1S/C29H33N3O4/c1-35-24-10-7-9-22(20-24)28(33)31-23-15-18-32(19-16-23)26-12-5-4-11-25(26)29(34)30-17-14-21-8-3-6-13-27(21)36-2/h3-13,20,23H,14-19H2,1-2H3,(H,30,34)(H,31,33). The summed E-state index contributed by atoms with van der Waals surface area (Å²) in [6.07, 6.45) is 2.30. The first-order chi connectivity index (χ1) is 17.6. The van der Waals surface area contributed by atoms with Crippen LogP contribution in [0.2, 0.25) is 0 Å². The van der Waals surface area contributed by atoms with E-state index in [1.54, 1.807) is 26.4 Å². The Balaban J connectivity index is 1.32. The van der Waals surface area contributed by atoms with E-state index in [2.05, 4.69) is 15.5 Å². The number of hydrogen-bond donors (Lipinski definition) is 2. The van der Waals surface area contributed by atoms with Gasteiger partial charge in [-0.2, -0.15) is 0 Å². The number of carbonyl (C=O) groups excluding carboxylic acids is 2. The number of benzene rings is 3. The monoisotopic (exact) mass is 487 g/mol. The van der Waals surface area contributed by atoms with Gasteiger partial charge in [0.15, 0.2) is 0 Å². The van der Waals surface area contributed by atoms with Gasteiger partial charge in [-0.25, -0.2) is 0 Å². The summed E-state index contributed by atoms with van der Waals surface area (Å²) in [6.45, 7) is 2.04. The summed E-state index contributed by atoms with van der Waals surface area (Å²) in [7, 11) is 3.24. The zero-order chi connectivity index (χ0) is 25.3. The largest absolute Gasteiger partial charge is 0.497 e. The van der Waals surface area contributed by atoms with Crippen LogP contribution in [0.15, 0.2) is 72.8 Å². The molecule has 4 rings (SSSR count). The molecule has 0 aliphatic carbocycles. The van der Waals surface area contributed by atoms with E-state index in [4.69, 9.17) is 9.47 Å². The van der Waals surface area contributed by atoms with Gasteiger partial charge in [-0.05, 0) is 61.2 Å². The highest BCUT2D eigenvalue weighted by Crippen LogP contribution is 2.25. The molecular formula is C29H33N3O4. The number of nitrogens with zero attached hydrogens (tertiary/aromatic N) is 1. The van der Waals surface area contributed by atoms with Crippen LogP contribution in [0.5, 0.6) is 11.5 Å². The van der Waals surface area contributed by atoms with Gasteiger partial charge in [-0.1, -0.05) is 36.4 Å². The van der Waals surface area contributed by atoms with Gasteiger partial charge in [0, 0.05) is 36.9 Å². The summed E-state index contributed by atoms with van der Waals surface area (Å²) in [5.74, 6) is 1.31. The lowest BCUT2D eigenvalue weighted by molar-refractivity contribution is 0.0929. The molecule has 2 N–H and O–H groups in total. The zero-order valence-electron chi connectivity index (χ0n) is 20.8. The first-order valence-corrected chi connectivity index (χ1v) is 12.3. The lowest BCUT2D eigenvalue weighted by Crippen LogP contribution is -2.45. The first kappa shape index (κ1) is 25.1. The molecule has 36 heavy (non-hydrogen) atoms. The van der Waals surface area contributed by atoms with E-state index in [1.807, 2.05) is 60.7 Å². The topological polar surface area (TPSA) is 79.9 Å². The van der Waals surface area contributed by atoms with Crippen molar-refractivity contribution in [3.05, 3.63) is 89.5 Å². The van der Waals surface area contributed by atoms with E-state index in [1.165, 1.54) is 0 Å². The number of para-hydroxylation sites is 2. The molecule has 3 aromatic rings. The van der Waals surface area contributed by atoms with Gasteiger partial charge in [0.1, 0.15) is 11.5 Å². The van der Waals surface area contributed by atoms with E-state index in [0.717, 1.165) is 42.9 Å². The fourth-order valence-corrected chi connectivity index (χ4v) is 4.55. The summed E-state index contributed by atoms with van der Waals surface area (Å²) < 4.78 is 10.6. The average molecular weight is 488 g/mol. The van der Waals surface area contributed by atoms with E-state index in [-0.39, 0.29) is 17.9 Å². The van der Waals surface area contributed by atoms with Crippen LogP contribution in [-0.4, -0.2) is 51.7 Å². The minimum atomic E-state index is -0.0952. The van der Waals surface area contributed by atoms with Gasteiger partial charge < -0.3 is 25.0 Å². The van der Waals surface area contributed by atoms with Crippen molar-refractivity contribution in [2.75, 3.05) is 38.8 Å². The Hall–Kier alpha value is -4.00. The highest BCUT2D eigenvalue weighted by Gasteiger charge is 2.24. The van der Waals surface area contributed by atoms with Gasteiger partial charge in [0.2, 0.25) is 0 Å². The molecule has 0 aromatic heterocycles. The maximum Gasteiger partial charge on any atom is 0.253 e. The van der Waals surface area contributed by atoms with Gasteiger partial charge in [0.05, 0.1) is 19.8 Å². The minimum absolute atomic E-state index is 0.0850. The van der Waals surface area contributed by atoms with Crippen molar-refractivity contribution in [2.45, 2.75) is 25.3 Å². The molecule has 188 valence electrons.